The molecule has 0 radical (unpaired) electrons. The highest BCUT2D eigenvalue weighted by Crippen LogP contribution is 2.37. The Labute approximate surface area is 167 Å². The van der Waals surface area contributed by atoms with Crippen LogP contribution >= 0.6 is 11.6 Å². The van der Waals surface area contributed by atoms with E-state index in [-0.39, 0.29) is 23.3 Å². The van der Waals surface area contributed by atoms with Crippen LogP contribution in [0.1, 0.15) is 57.7 Å². The Morgan fingerprint density at radius 3 is 2.22 bits per heavy atom. The number of methoxy groups -OCH3 is 1. The number of rotatable bonds is 7. The highest BCUT2D eigenvalue weighted by Gasteiger charge is 2.25. The summed E-state index contributed by atoms with van der Waals surface area (Å²) in [6.45, 7) is 11.1. The maximum absolute atomic E-state index is 14.7. The van der Waals surface area contributed by atoms with Gasteiger partial charge in [-0.15, -0.1) is 0 Å². The first-order valence-corrected chi connectivity index (χ1v) is 9.64. The standard InChI is InChI=1S/C23H30ClFO2/c1-22(2,3)18-11-7-9-16(21(18)25)15-27-14-13-23(4,5)17-10-8-12-19(26-6)20(17)24/h7-12H,13-15H2,1-6H3. The molecule has 2 aromatic carbocycles. The highest BCUT2D eigenvalue weighted by atomic mass is 35.5. The maximum atomic E-state index is 14.7. The third-order valence-electron chi connectivity index (χ3n) is 4.93. The molecule has 0 spiro atoms. The topological polar surface area (TPSA) is 18.5 Å². The average Bonchev–Trinajstić information content (AvgIpc) is 2.59. The van der Waals surface area contributed by atoms with E-state index < -0.39 is 0 Å². The van der Waals surface area contributed by atoms with Crippen LogP contribution in [0.25, 0.3) is 0 Å². The van der Waals surface area contributed by atoms with E-state index in [9.17, 15) is 4.39 Å². The Morgan fingerprint density at radius 1 is 0.963 bits per heavy atom. The molecule has 0 aliphatic rings. The van der Waals surface area contributed by atoms with Gasteiger partial charge in [0, 0.05) is 12.2 Å². The molecule has 0 saturated carbocycles. The SMILES string of the molecule is COc1cccc(C(C)(C)CCOCc2cccc(C(C)(C)C)c2F)c1Cl. The first-order chi connectivity index (χ1) is 12.6. The molecule has 4 heteroatoms. The van der Waals surface area contributed by atoms with Crippen molar-refractivity contribution in [3.05, 3.63) is 63.9 Å². The minimum absolute atomic E-state index is 0.167. The van der Waals surface area contributed by atoms with E-state index in [0.717, 1.165) is 12.0 Å². The van der Waals surface area contributed by atoms with E-state index in [1.54, 1.807) is 13.2 Å². The molecule has 0 unspecified atom stereocenters. The van der Waals surface area contributed by atoms with Crippen molar-refractivity contribution in [2.24, 2.45) is 0 Å². The third-order valence-corrected chi connectivity index (χ3v) is 5.32. The molecule has 2 nitrogen and oxygen atoms in total. The van der Waals surface area contributed by atoms with E-state index in [1.165, 1.54) is 0 Å². The fourth-order valence-electron chi connectivity index (χ4n) is 3.11. The van der Waals surface area contributed by atoms with Crippen LogP contribution in [0.4, 0.5) is 4.39 Å². The zero-order valence-electron chi connectivity index (χ0n) is 17.2. The summed E-state index contributed by atoms with van der Waals surface area (Å²) in [5.74, 6) is 0.504. The molecule has 0 bridgehead atoms. The molecule has 0 aliphatic heterocycles. The molecule has 2 aromatic rings. The van der Waals surface area contributed by atoms with Crippen molar-refractivity contribution in [2.45, 2.75) is 58.5 Å². The summed E-state index contributed by atoms with van der Waals surface area (Å²) in [5.41, 5.74) is 1.92. The molecule has 0 heterocycles. The van der Waals surface area contributed by atoms with Gasteiger partial charge in [-0.05, 0) is 34.4 Å². The van der Waals surface area contributed by atoms with Gasteiger partial charge < -0.3 is 9.47 Å². The van der Waals surface area contributed by atoms with Crippen molar-refractivity contribution in [3.63, 3.8) is 0 Å². The molecule has 0 amide bonds. The van der Waals surface area contributed by atoms with E-state index >= 15 is 0 Å². The van der Waals surface area contributed by atoms with Gasteiger partial charge in [-0.1, -0.05) is 76.6 Å². The van der Waals surface area contributed by atoms with Gasteiger partial charge in [-0.25, -0.2) is 4.39 Å². The lowest BCUT2D eigenvalue weighted by molar-refractivity contribution is 0.103. The summed E-state index contributed by atoms with van der Waals surface area (Å²) in [4.78, 5) is 0. The minimum Gasteiger partial charge on any atom is -0.495 e. The second kappa shape index (κ2) is 8.62. The van der Waals surface area contributed by atoms with Gasteiger partial charge in [0.1, 0.15) is 11.6 Å². The highest BCUT2D eigenvalue weighted by molar-refractivity contribution is 6.33. The number of hydrogen-bond donors (Lipinski definition) is 0. The quantitative estimate of drug-likeness (QED) is 0.490. The number of ether oxygens (including phenoxy) is 2. The molecule has 0 N–H and O–H groups in total. The van der Waals surface area contributed by atoms with E-state index in [1.807, 2.05) is 51.1 Å². The van der Waals surface area contributed by atoms with Crippen LogP contribution in [0, 0.1) is 5.82 Å². The third kappa shape index (κ3) is 5.24. The maximum Gasteiger partial charge on any atom is 0.137 e. The largest absolute Gasteiger partial charge is 0.495 e. The number of benzene rings is 2. The number of hydrogen-bond acceptors (Lipinski definition) is 2. The van der Waals surface area contributed by atoms with Gasteiger partial charge in [-0.2, -0.15) is 0 Å². The predicted octanol–water partition coefficient (Wildman–Crippen LogP) is 6.67. The lowest BCUT2D eigenvalue weighted by Gasteiger charge is -2.27. The van der Waals surface area contributed by atoms with Crippen molar-refractivity contribution in [3.8, 4) is 5.75 Å². The van der Waals surface area contributed by atoms with Crippen molar-refractivity contribution < 1.29 is 13.9 Å². The second-order valence-electron chi connectivity index (χ2n) is 8.54. The van der Waals surface area contributed by atoms with Crippen molar-refractivity contribution in [1.29, 1.82) is 0 Å². The summed E-state index contributed by atoms with van der Waals surface area (Å²) < 4.78 is 25.8. The van der Waals surface area contributed by atoms with Crippen LogP contribution in [0.5, 0.6) is 5.75 Å². The van der Waals surface area contributed by atoms with Crippen LogP contribution in [-0.4, -0.2) is 13.7 Å². The zero-order chi connectivity index (χ0) is 20.2. The average molecular weight is 393 g/mol. The molecule has 148 valence electrons. The lowest BCUT2D eigenvalue weighted by Crippen LogP contribution is -2.20. The van der Waals surface area contributed by atoms with Gasteiger partial charge in [0.05, 0.1) is 18.7 Å². The smallest absolute Gasteiger partial charge is 0.137 e. The van der Waals surface area contributed by atoms with E-state index in [2.05, 4.69) is 13.8 Å². The summed E-state index contributed by atoms with van der Waals surface area (Å²) in [7, 11) is 1.61. The Balaban J connectivity index is 2.01. The fourth-order valence-corrected chi connectivity index (χ4v) is 3.56. The molecule has 0 fully saturated rings. The Bertz CT molecular complexity index is 778. The summed E-state index contributed by atoms with van der Waals surface area (Å²) in [6, 6.07) is 11.3. The first kappa shape index (κ1) is 21.7. The summed E-state index contributed by atoms with van der Waals surface area (Å²) in [5, 5.41) is 0.633. The minimum atomic E-state index is -0.231. The van der Waals surface area contributed by atoms with Crippen molar-refractivity contribution in [1.82, 2.24) is 0 Å². The van der Waals surface area contributed by atoms with Crippen LogP contribution in [0.2, 0.25) is 5.02 Å². The Morgan fingerprint density at radius 2 is 1.59 bits per heavy atom. The summed E-state index contributed by atoms with van der Waals surface area (Å²) in [6.07, 6.45) is 0.764. The van der Waals surface area contributed by atoms with Crippen molar-refractivity contribution >= 4 is 11.6 Å². The number of halogens is 2. The van der Waals surface area contributed by atoms with E-state index in [0.29, 0.717) is 28.5 Å². The molecule has 0 saturated heterocycles. The van der Waals surface area contributed by atoms with Crippen LogP contribution in [-0.2, 0) is 22.2 Å². The van der Waals surface area contributed by atoms with Gasteiger partial charge in [0.25, 0.3) is 0 Å². The monoisotopic (exact) mass is 392 g/mol. The lowest BCUT2D eigenvalue weighted by atomic mass is 9.81. The first-order valence-electron chi connectivity index (χ1n) is 9.26. The van der Waals surface area contributed by atoms with Crippen LogP contribution in [0.3, 0.4) is 0 Å². The van der Waals surface area contributed by atoms with Gasteiger partial charge in [0.2, 0.25) is 0 Å². The molecule has 0 aliphatic carbocycles. The second-order valence-corrected chi connectivity index (χ2v) is 8.91. The Kier molecular flexibility index (Phi) is 6.93. The van der Waals surface area contributed by atoms with Gasteiger partial charge in [-0.3, -0.25) is 0 Å². The predicted molar refractivity (Wildman–Crippen MR) is 110 cm³/mol. The van der Waals surface area contributed by atoms with Crippen molar-refractivity contribution in [2.75, 3.05) is 13.7 Å². The van der Waals surface area contributed by atoms with Gasteiger partial charge in [0.15, 0.2) is 0 Å². The van der Waals surface area contributed by atoms with Crippen LogP contribution in [0.15, 0.2) is 36.4 Å². The normalized spacial score (nSPS) is 12.3. The van der Waals surface area contributed by atoms with E-state index in [4.69, 9.17) is 21.1 Å². The molecule has 0 aromatic heterocycles. The van der Waals surface area contributed by atoms with Crippen LogP contribution < -0.4 is 4.74 Å². The molecule has 0 atom stereocenters. The van der Waals surface area contributed by atoms with Gasteiger partial charge >= 0.3 is 0 Å². The summed E-state index contributed by atoms with van der Waals surface area (Å²) >= 11 is 6.47. The molecular weight excluding hydrogens is 363 g/mol. The fraction of sp³-hybridized carbons (Fsp3) is 0.478. The molecular formula is C23H30ClFO2. The zero-order valence-corrected chi connectivity index (χ0v) is 17.9. The Hall–Kier alpha value is -1.58. The molecule has 2 rings (SSSR count). The molecule has 27 heavy (non-hydrogen) atoms.